The highest BCUT2D eigenvalue weighted by Crippen LogP contribution is 2.38. The van der Waals surface area contributed by atoms with Crippen LogP contribution in [0.25, 0.3) is 21.5 Å². The lowest BCUT2D eigenvalue weighted by Gasteiger charge is -2.36. The number of nitrogens with one attached hydrogen (secondary N) is 2. The fourth-order valence-electron chi connectivity index (χ4n) is 4.63. The highest BCUT2D eigenvalue weighted by atomic mass is 16.6. The molecule has 0 bridgehead atoms. The molecule has 0 unspecified atom stereocenters. The number of hydrogen-bond acceptors (Lipinski definition) is 13. The molecule has 0 saturated heterocycles. The summed E-state index contributed by atoms with van der Waals surface area (Å²) in [5, 5.41) is 9.94. The molecule has 4 aromatic carbocycles. The van der Waals surface area contributed by atoms with Gasteiger partial charge in [0.05, 0.1) is 26.4 Å². The maximum Gasteiger partial charge on any atom is 0.386 e. The van der Waals surface area contributed by atoms with Gasteiger partial charge in [0.2, 0.25) is 0 Å². The zero-order valence-corrected chi connectivity index (χ0v) is 27.1. The average Bonchev–Trinajstić information content (AvgIpc) is 3.05. The number of benzene rings is 4. The lowest BCUT2D eigenvalue weighted by atomic mass is 9.99. The Labute approximate surface area is 276 Å². The van der Waals surface area contributed by atoms with Crippen LogP contribution in [0.1, 0.15) is 27.7 Å². The van der Waals surface area contributed by atoms with E-state index in [-0.39, 0.29) is 31.9 Å². The Bertz CT molecular complexity index is 1660. The van der Waals surface area contributed by atoms with Crippen LogP contribution < -0.4 is 22.1 Å². The molecule has 1 aliphatic heterocycles. The summed E-state index contributed by atoms with van der Waals surface area (Å²) in [6.07, 6.45) is 0. The van der Waals surface area contributed by atoms with Gasteiger partial charge in [-0.15, -0.1) is 0 Å². The molecule has 8 N–H and O–H groups in total. The third-order valence-corrected chi connectivity index (χ3v) is 6.60. The lowest BCUT2D eigenvalue weighted by Crippen LogP contribution is -2.62. The third-order valence-electron chi connectivity index (χ3n) is 6.60. The first-order valence-corrected chi connectivity index (χ1v) is 14.9. The molecular formula is C34H40N4O10. The van der Waals surface area contributed by atoms with Crippen LogP contribution in [0, 0.1) is 0 Å². The second kappa shape index (κ2) is 17.7. The number of rotatable bonds is 8. The van der Waals surface area contributed by atoms with Crippen molar-refractivity contribution < 1.29 is 48.4 Å². The van der Waals surface area contributed by atoms with Crippen LogP contribution in [-0.2, 0) is 42.9 Å². The number of esters is 4. The zero-order chi connectivity index (χ0) is 34.6. The minimum atomic E-state index is -1.78. The van der Waals surface area contributed by atoms with E-state index in [1.165, 1.54) is 13.8 Å². The molecule has 0 radical (unpaired) electrons. The maximum absolute atomic E-state index is 12.5. The number of ether oxygens (including phenoxy) is 4. The zero-order valence-electron chi connectivity index (χ0n) is 27.1. The minimum absolute atomic E-state index is 0. The fraction of sp³-hybridized carbons (Fsp3) is 0.265. The van der Waals surface area contributed by atoms with Crippen molar-refractivity contribution in [3.05, 3.63) is 72.8 Å². The SMILES string of the molecule is CCOC(=O)C(=O)C(=O)OCC.CCOC(=O)C1(C(=O)OCC)Nc2cccc3cccc(c23)N1.Nc1cccc2cccc(N)c12.O. The van der Waals surface area contributed by atoms with Crippen molar-refractivity contribution in [3.8, 4) is 0 Å². The van der Waals surface area contributed by atoms with E-state index in [1.807, 2.05) is 72.8 Å². The number of fused-ring (bicyclic) bond motifs is 1. The topological polar surface area (TPSA) is 230 Å². The van der Waals surface area contributed by atoms with E-state index >= 15 is 0 Å². The molecule has 0 fully saturated rings. The highest BCUT2D eigenvalue weighted by molar-refractivity contribution is 6.60. The van der Waals surface area contributed by atoms with Gasteiger partial charge < -0.3 is 46.5 Å². The number of ketones is 1. The Balaban J connectivity index is 0.000000272. The third kappa shape index (κ3) is 8.67. The predicted octanol–water partition coefficient (Wildman–Crippen LogP) is 3.36. The van der Waals surface area contributed by atoms with Gasteiger partial charge >= 0.3 is 35.3 Å². The van der Waals surface area contributed by atoms with Gasteiger partial charge in [-0.3, -0.25) is 4.79 Å². The molecule has 256 valence electrons. The molecule has 0 aromatic heterocycles. The monoisotopic (exact) mass is 664 g/mol. The van der Waals surface area contributed by atoms with Crippen LogP contribution in [-0.4, -0.2) is 67.2 Å². The van der Waals surface area contributed by atoms with E-state index in [0.717, 1.165) is 32.9 Å². The summed E-state index contributed by atoms with van der Waals surface area (Å²) in [5.74, 6) is -5.04. The predicted molar refractivity (Wildman–Crippen MR) is 182 cm³/mol. The number of hydrogen-bond donors (Lipinski definition) is 4. The Morgan fingerprint density at radius 2 is 0.917 bits per heavy atom. The largest absolute Gasteiger partial charge is 0.462 e. The van der Waals surface area contributed by atoms with E-state index in [4.69, 9.17) is 20.9 Å². The minimum Gasteiger partial charge on any atom is -0.462 e. The molecule has 1 aliphatic rings. The number of carbonyl (C=O) groups excluding carboxylic acids is 5. The Hall–Kier alpha value is -5.89. The summed E-state index contributed by atoms with van der Waals surface area (Å²) in [6.45, 7) is 6.90. The van der Waals surface area contributed by atoms with E-state index in [2.05, 4.69) is 20.1 Å². The number of Topliss-reactive ketones (excluding diaryl/α,β-unsaturated/α-hetero) is 1. The van der Waals surface area contributed by atoms with Crippen molar-refractivity contribution in [2.75, 3.05) is 48.5 Å². The van der Waals surface area contributed by atoms with Crippen molar-refractivity contribution >= 4 is 74.0 Å². The van der Waals surface area contributed by atoms with Gasteiger partial charge in [0.15, 0.2) is 0 Å². The van der Waals surface area contributed by atoms with Crippen LogP contribution in [0.5, 0.6) is 0 Å². The van der Waals surface area contributed by atoms with Gasteiger partial charge in [-0.2, -0.15) is 0 Å². The molecule has 0 spiro atoms. The van der Waals surface area contributed by atoms with Crippen LogP contribution in [0.3, 0.4) is 0 Å². The second-order valence-electron chi connectivity index (χ2n) is 9.71. The normalized spacial score (nSPS) is 11.8. The summed E-state index contributed by atoms with van der Waals surface area (Å²) < 4.78 is 18.8. The number of carbonyl (C=O) groups is 5. The van der Waals surface area contributed by atoms with Gasteiger partial charge in [-0.05, 0) is 62.7 Å². The van der Waals surface area contributed by atoms with Crippen LogP contribution in [0.4, 0.5) is 22.7 Å². The van der Waals surface area contributed by atoms with Crippen molar-refractivity contribution in [3.63, 3.8) is 0 Å². The van der Waals surface area contributed by atoms with E-state index < -0.39 is 35.3 Å². The summed E-state index contributed by atoms with van der Waals surface area (Å²) in [5.41, 5.74) is 12.6. The standard InChI is InChI=1S/C17H18N2O4.C10H10N2.C7H10O5.H2O/c1-3-22-15(20)17(16(21)23-4-2)18-12-9-5-7-11-8-6-10-13(19-17)14(11)12;11-8-5-1-3-7-4-2-6-9(12)10(7)8;1-3-11-6(9)5(8)7(10)12-4-2;/h5-10,18-19H,3-4H2,1-2H3;1-6H,11-12H2;3-4H2,1-2H3;1H2. The van der Waals surface area contributed by atoms with Gasteiger partial charge in [0.25, 0.3) is 0 Å². The molecule has 0 amide bonds. The second-order valence-corrected chi connectivity index (χ2v) is 9.71. The summed E-state index contributed by atoms with van der Waals surface area (Å²) >= 11 is 0. The van der Waals surface area contributed by atoms with Crippen molar-refractivity contribution in [2.24, 2.45) is 0 Å². The summed E-state index contributed by atoms with van der Waals surface area (Å²) in [6, 6.07) is 22.9. The summed E-state index contributed by atoms with van der Waals surface area (Å²) in [4.78, 5) is 56.9. The highest BCUT2D eigenvalue weighted by Gasteiger charge is 2.52. The first-order chi connectivity index (χ1) is 22.5. The molecule has 5 rings (SSSR count). The molecule has 0 saturated carbocycles. The maximum atomic E-state index is 12.5. The Morgan fingerprint density at radius 3 is 1.27 bits per heavy atom. The first-order valence-electron chi connectivity index (χ1n) is 14.9. The van der Waals surface area contributed by atoms with Gasteiger partial charge in [0.1, 0.15) is 0 Å². The summed E-state index contributed by atoms with van der Waals surface area (Å²) in [7, 11) is 0. The van der Waals surface area contributed by atoms with Gasteiger partial charge in [-0.1, -0.05) is 48.5 Å². The molecule has 1 heterocycles. The fourth-order valence-corrected chi connectivity index (χ4v) is 4.63. The van der Waals surface area contributed by atoms with E-state index in [1.54, 1.807) is 13.8 Å². The number of anilines is 4. The smallest absolute Gasteiger partial charge is 0.386 e. The van der Waals surface area contributed by atoms with Crippen LogP contribution in [0.2, 0.25) is 0 Å². The first kappa shape index (κ1) is 38.3. The molecule has 4 aromatic rings. The van der Waals surface area contributed by atoms with Gasteiger partial charge in [0, 0.05) is 33.5 Å². The molecule has 0 atom stereocenters. The molecule has 14 nitrogen and oxygen atoms in total. The lowest BCUT2D eigenvalue weighted by molar-refractivity contribution is -0.164. The van der Waals surface area contributed by atoms with E-state index in [9.17, 15) is 24.0 Å². The van der Waals surface area contributed by atoms with Crippen LogP contribution in [0.15, 0.2) is 72.8 Å². The molecule has 48 heavy (non-hydrogen) atoms. The van der Waals surface area contributed by atoms with E-state index in [0.29, 0.717) is 11.4 Å². The Morgan fingerprint density at radius 1 is 0.562 bits per heavy atom. The van der Waals surface area contributed by atoms with Crippen LogP contribution >= 0.6 is 0 Å². The van der Waals surface area contributed by atoms with Crippen molar-refractivity contribution in [1.82, 2.24) is 0 Å². The van der Waals surface area contributed by atoms with Crippen molar-refractivity contribution in [1.29, 1.82) is 0 Å². The molecule has 0 aliphatic carbocycles. The van der Waals surface area contributed by atoms with Gasteiger partial charge in [-0.25, -0.2) is 19.2 Å². The molecule has 14 heteroatoms. The average molecular weight is 665 g/mol. The molecular weight excluding hydrogens is 624 g/mol. The Kier molecular flexibility index (Phi) is 14.1. The van der Waals surface area contributed by atoms with Crippen molar-refractivity contribution in [2.45, 2.75) is 33.4 Å². The quantitative estimate of drug-likeness (QED) is 0.0697. The number of nitrogens with two attached hydrogens (primary N) is 2. The number of nitrogen functional groups attached to an aromatic ring is 2.